The van der Waals surface area contributed by atoms with Gasteiger partial charge in [0.15, 0.2) is 0 Å². The highest BCUT2D eigenvalue weighted by molar-refractivity contribution is 5.93. The summed E-state index contributed by atoms with van der Waals surface area (Å²) in [6, 6.07) is 10.2. The molecule has 2 aromatic rings. The molecule has 0 aliphatic carbocycles. The number of β-amino-alcohol motifs (C(OH)–C–C–N with tert-alkyl or cyclic N) is 1. The molecular weight excluding hydrogens is 470 g/mol. The van der Waals surface area contributed by atoms with Gasteiger partial charge in [-0.1, -0.05) is 24.3 Å². The second-order valence-electron chi connectivity index (χ2n) is 10.4. The van der Waals surface area contributed by atoms with E-state index in [1.165, 1.54) is 17.5 Å². The molecule has 3 N–H and O–H groups in total. The number of nitrogens with one attached hydrogen (secondary N) is 2. The van der Waals surface area contributed by atoms with Crippen molar-refractivity contribution in [2.75, 3.05) is 56.0 Å². The molecule has 10 nitrogen and oxygen atoms in total. The van der Waals surface area contributed by atoms with Gasteiger partial charge in [-0.2, -0.15) is 4.98 Å². The van der Waals surface area contributed by atoms with Crippen LogP contribution in [-0.4, -0.2) is 94.6 Å². The highest BCUT2D eigenvalue weighted by atomic mass is 16.3. The van der Waals surface area contributed by atoms with Gasteiger partial charge in [-0.25, -0.2) is 4.98 Å². The second kappa shape index (κ2) is 11.4. The summed E-state index contributed by atoms with van der Waals surface area (Å²) in [5.41, 5.74) is 2.95. The van der Waals surface area contributed by atoms with E-state index in [0.29, 0.717) is 31.4 Å². The lowest BCUT2D eigenvalue weighted by molar-refractivity contribution is -0.132. The van der Waals surface area contributed by atoms with Crippen LogP contribution < -0.4 is 15.5 Å². The van der Waals surface area contributed by atoms with Gasteiger partial charge in [0.2, 0.25) is 11.9 Å². The fourth-order valence-electron chi connectivity index (χ4n) is 5.27. The Morgan fingerprint density at radius 1 is 1.08 bits per heavy atom. The fraction of sp³-hybridized carbons (Fsp3) is 0.556. The molecule has 4 heterocycles. The van der Waals surface area contributed by atoms with E-state index in [-0.39, 0.29) is 30.1 Å². The zero-order chi connectivity index (χ0) is 25.8. The Morgan fingerprint density at radius 2 is 1.84 bits per heavy atom. The van der Waals surface area contributed by atoms with Crippen molar-refractivity contribution in [1.29, 1.82) is 0 Å². The van der Waals surface area contributed by atoms with Crippen molar-refractivity contribution in [3.63, 3.8) is 0 Å². The first-order chi connectivity index (χ1) is 17.9. The van der Waals surface area contributed by atoms with E-state index < -0.39 is 6.10 Å². The monoisotopic (exact) mass is 507 g/mol. The van der Waals surface area contributed by atoms with Crippen molar-refractivity contribution < 1.29 is 14.7 Å². The quantitative estimate of drug-likeness (QED) is 0.489. The smallest absolute Gasteiger partial charge is 0.270 e. The third kappa shape index (κ3) is 6.37. The van der Waals surface area contributed by atoms with Crippen LogP contribution in [0, 0.1) is 0 Å². The van der Waals surface area contributed by atoms with Gasteiger partial charge in [-0.05, 0) is 36.8 Å². The normalized spacial score (nSPS) is 19.1. The largest absolute Gasteiger partial charge is 0.390 e. The van der Waals surface area contributed by atoms with Crippen LogP contribution in [0.25, 0.3) is 0 Å². The predicted molar refractivity (Wildman–Crippen MR) is 142 cm³/mol. The molecule has 0 saturated carbocycles. The third-order valence-electron chi connectivity index (χ3n) is 7.44. The Kier molecular flexibility index (Phi) is 7.85. The summed E-state index contributed by atoms with van der Waals surface area (Å²) in [5.74, 6) is 0.861. The molecular formula is C27H37N7O3. The lowest BCUT2D eigenvalue weighted by atomic mass is 10.00. The third-order valence-corrected chi connectivity index (χ3v) is 7.44. The average molecular weight is 508 g/mol. The van der Waals surface area contributed by atoms with Crippen LogP contribution in [0.3, 0.4) is 0 Å². The number of carbonyl (C=O) groups is 2. The fourth-order valence-corrected chi connectivity index (χ4v) is 5.27. The first-order valence-corrected chi connectivity index (χ1v) is 13.4. The molecule has 0 bridgehead atoms. The average Bonchev–Trinajstić information content (AvgIpc) is 2.89. The number of piperidine rings is 1. The van der Waals surface area contributed by atoms with Crippen LogP contribution in [0.2, 0.25) is 0 Å². The highest BCUT2D eigenvalue weighted by Gasteiger charge is 2.29. The minimum Gasteiger partial charge on any atom is -0.390 e. The Labute approximate surface area is 218 Å². The van der Waals surface area contributed by atoms with E-state index in [1.807, 2.05) is 6.07 Å². The summed E-state index contributed by atoms with van der Waals surface area (Å²) in [6.45, 7) is 6.88. The highest BCUT2D eigenvalue weighted by Crippen LogP contribution is 2.21. The molecule has 198 valence electrons. The minimum absolute atomic E-state index is 0.0575. The molecule has 10 heteroatoms. The van der Waals surface area contributed by atoms with E-state index >= 15 is 0 Å². The number of benzene rings is 1. The molecule has 2 fully saturated rings. The maximum absolute atomic E-state index is 13.1. The molecule has 3 aliphatic heterocycles. The van der Waals surface area contributed by atoms with E-state index in [4.69, 9.17) is 0 Å². The molecule has 1 unspecified atom stereocenters. The molecule has 3 aliphatic rings. The first-order valence-electron chi connectivity index (χ1n) is 13.4. The molecule has 1 atom stereocenters. The molecule has 1 aromatic heterocycles. The number of hydrogen-bond donors (Lipinski definition) is 3. The van der Waals surface area contributed by atoms with Crippen LogP contribution in [0.15, 0.2) is 30.3 Å². The Bertz CT molecular complexity index is 1110. The van der Waals surface area contributed by atoms with Gasteiger partial charge in [-0.15, -0.1) is 0 Å². The number of carbonyl (C=O) groups excluding carboxylic acids is 2. The summed E-state index contributed by atoms with van der Waals surface area (Å²) < 4.78 is 0. The standard InChI is InChI=1S/C27H37N7O3/c1-19(35)34-16-22(17-34)29-25-13-24(30-27(31-25)33-10-5-2-6-11-33)26(37)28-14-23(36)18-32-12-9-20-7-3-4-8-21(20)15-32/h3-4,7-8,13,22-23,36H,2,5-6,9-12,14-18H2,1H3,(H,28,37)(H,29,30,31). The van der Waals surface area contributed by atoms with Crippen LogP contribution >= 0.6 is 0 Å². The van der Waals surface area contributed by atoms with Crippen molar-refractivity contribution in [2.45, 2.75) is 51.3 Å². The van der Waals surface area contributed by atoms with Crippen molar-refractivity contribution in [3.8, 4) is 0 Å². The minimum atomic E-state index is -0.678. The van der Waals surface area contributed by atoms with Gasteiger partial charge in [0, 0.05) is 65.3 Å². The van der Waals surface area contributed by atoms with Gasteiger partial charge in [0.25, 0.3) is 5.91 Å². The van der Waals surface area contributed by atoms with Crippen molar-refractivity contribution in [2.24, 2.45) is 0 Å². The van der Waals surface area contributed by atoms with Gasteiger partial charge in [0.05, 0.1) is 12.1 Å². The van der Waals surface area contributed by atoms with Gasteiger partial charge >= 0.3 is 0 Å². The number of likely N-dealkylation sites (tertiary alicyclic amines) is 1. The zero-order valence-electron chi connectivity index (χ0n) is 21.5. The number of nitrogens with zero attached hydrogens (tertiary/aromatic N) is 5. The molecule has 0 spiro atoms. The number of aromatic nitrogens is 2. The molecule has 0 radical (unpaired) electrons. The van der Waals surface area contributed by atoms with Gasteiger partial charge < -0.3 is 25.5 Å². The van der Waals surface area contributed by atoms with Crippen molar-refractivity contribution in [1.82, 2.24) is 25.1 Å². The number of hydrogen-bond acceptors (Lipinski definition) is 8. The Morgan fingerprint density at radius 3 is 2.59 bits per heavy atom. The number of aliphatic hydroxyl groups excluding tert-OH is 1. The SMILES string of the molecule is CC(=O)N1CC(Nc2cc(C(=O)NCC(O)CN3CCc4ccccc4C3)nc(N3CCCCC3)n2)C1. The summed E-state index contributed by atoms with van der Waals surface area (Å²) >= 11 is 0. The van der Waals surface area contributed by atoms with Gasteiger partial charge in [0.1, 0.15) is 11.5 Å². The van der Waals surface area contributed by atoms with Crippen molar-refractivity contribution in [3.05, 3.63) is 47.2 Å². The molecule has 5 rings (SSSR count). The molecule has 2 saturated heterocycles. The molecule has 1 aromatic carbocycles. The zero-order valence-corrected chi connectivity index (χ0v) is 21.5. The maximum atomic E-state index is 13.1. The number of amides is 2. The topological polar surface area (TPSA) is 114 Å². The van der Waals surface area contributed by atoms with Crippen LogP contribution in [0.1, 0.15) is 47.8 Å². The summed E-state index contributed by atoms with van der Waals surface area (Å²) in [5, 5.41) is 16.9. The van der Waals surface area contributed by atoms with E-state index in [2.05, 4.69) is 48.6 Å². The lowest BCUT2D eigenvalue weighted by Gasteiger charge is -2.39. The first kappa shape index (κ1) is 25.4. The Hall–Kier alpha value is -3.24. The van der Waals surface area contributed by atoms with Crippen LogP contribution in [0.5, 0.6) is 0 Å². The van der Waals surface area contributed by atoms with E-state index in [1.54, 1.807) is 17.9 Å². The number of anilines is 2. The van der Waals surface area contributed by atoms with Crippen LogP contribution in [-0.2, 0) is 17.8 Å². The van der Waals surface area contributed by atoms with Crippen molar-refractivity contribution >= 4 is 23.6 Å². The summed E-state index contributed by atoms with van der Waals surface area (Å²) in [6.07, 6.45) is 3.63. The van der Waals surface area contributed by atoms with Crippen LogP contribution in [0.4, 0.5) is 11.8 Å². The number of fused-ring (bicyclic) bond motifs is 1. The Balaban J connectivity index is 1.20. The maximum Gasteiger partial charge on any atom is 0.270 e. The lowest BCUT2D eigenvalue weighted by Crippen LogP contribution is -2.56. The second-order valence-corrected chi connectivity index (χ2v) is 10.4. The predicted octanol–water partition coefficient (Wildman–Crippen LogP) is 1.26. The molecule has 37 heavy (non-hydrogen) atoms. The number of aliphatic hydroxyl groups is 1. The van der Waals surface area contributed by atoms with Gasteiger partial charge in [-0.3, -0.25) is 14.5 Å². The number of rotatable bonds is 8. The summed E-state index contributed by atoms with van der Waals surface area (Å²) in [7, 11) is 0. The van der Waals surface area contributed by atoms with E-state index in [0.717, 1.165) is 45.4 Å². The summed E-state index contributed by atoms with van der Waals surface area (Å²) in [4.78, 5) is 40.0. The molecule has 2 amide bonds. The van der Waals surface area contributed by atoms with E-state index in [9.17, 15) is 14.7 Å².